The number of benzene rings is 2. The summed E-state index contributed by atoms with van der Waals surface area (Å²) in [6.07, 6.45) is -1.38. The molecule has 0 saturated heterocycles. The number of aliphatic hydroxyl groups is 1. The molecule has 0 aliphatic heterocycles. The molecular weight excluding hydrogens is 300 g/mol. The highest BCUT2D eigenvalue weighted by Crippen LogP contribution is 2.33. The van der Waals surface area contributed by atoms with E-state index in [2.05, 4.69) is 0 Å². The Balaban J connectivity index is 2.49. The lowest BCUT2D eigenvalue weighted by Gasteiger charge is -2.15. The van der Waals surface area contributed by atoms with Crippen LogP contribution >= 0.6 is 23.2 Å². The lowest BCUT2D eigenvalue weighted by atomic mass is 10.0. The molecule has 0 fully saturated rings. The van der Waals surface area contributed by atoms with Crippen LogP contribution in [-0.2, 0) is 0 Å². The van der Waals surface area contributed by atoms with Crippen LogP contribution in [-0.4, -0.2) is 5.11 Å². The molecule has 1 atom stereocenters. The zero-order valence-electron chi connectivity index (χ0n) is 9.30. The number of hydrogen-bond donors (Lipinski definition) is 1. The van der Waals surface area contributed by atoms with Crippen molar-refractivity contribution in [2.75, 3.05) is 0 Å². The largest absolute Gasteiger partial charge is 0.384 e. The second kappa shape index (κ2) is 5.41. The molecule has 0 aliphatic rings. The lowest BCUT2D eigenvalue weighted by Crippen LogP contribution is -2.03. The molecule has 0 radical (unpaired) electrons. The van der Waals surface area contributed by atoms with Gasteiger partial charge in [-0.15, -0.1) is 0 Å². The molecule has 0 saturated carbocycles. The van der Waals surface area contributed by atoms with Crippen LogP contribution in [0.5, 0.6) is 0 Å². The van der Waals surface area contributed by atoms with Gasteiger partial charge in [-0.05, 0) is 24.3 Å². The Hall–Kier alpha value is -1.23. The van der Waals surface area contributed by atoms with Crippen molar-refractivity contribution in [2.45, 2.75) is 6.10 Å². The van der Waals surface area contributed by atoms with E-state index in [0.717, 1.165) is 24.3 Å². The van der Waals surface area contributed by atoms with Gasteiger partial charge in [-0.3, -0.25) is 0 Å². The molecule has 0 spiro atoms. The average Bonchev–Trinajstić information content (AvgIpc) is 2.33. The predicted octanol–water partition coefficient (Wildman–Crippen LogP) is 4.49. The molecule has 0 aromatic heterocycles. The normalized spacial score (nSPS) is 12.5. The second-order valence-corrected chi connectivity index (χ2v) is 4.67. The first-order chi connectivity index (χ1) is 8.90. The van der Waals surface area contributed by atoms with Crippen molar-refractivity contribution < 1.29 is 18.3 Å². The fraction of sp³-hybridized carbons (Fsp3) is 0.0769. The van der Waals surface area contributed by atoms with Crippen LogP contribution in [0.25, 0.3) is 0 Å². The van der Waals surface area contributed by atoms with Crippen LogP contribution in [0.3, 0.4) is 0 Å². The van der Waals surface area contributed by atoms with Crippen LogP contribution in [0.4, 0.5) is 13.2 Å². The Morgan fingerprint density at radius 3 is 2.05 bits per heavy atom. The van der Waals surface area contributed by atoms with Crippen molar-refractivity contribution in [1.29, 1.82) is 0 Å². The molecule has 100 valence electrons. The van der Waals surface area contributed by atoms with Crippen LogP contribution in [0.2, 0.25) is 10.0 Å². The Bertz CT molecular complexity index is 632. The molecule has 0 amide bonds. The highest BCUT2D eigenvalue weighted by atomic mass is 35.5. The van der Waals surface area contributed by atoms with Crippen LogP contribution in [0, 0.1) is 17.5 Å². The minimum absolute atomic E-state index is 0.0340. The third-order valence-corrected chi connectivity index (χ3v) is 3.25. The molecule has 2 aromatic rings. The first-order valence-corrected chi connectivity index (χ1v) is 5.93. The van der Waals surface area contributed by atoms with Gasteiger partial charge in [-0.1, -0.05) is 29.3 Å². The van der Waals surface area contributed by atoms with Gasteiger partial charge >= 0.3 is 0 Å². The quantitative estimate of drug-likeness (QED) is 0.810. The average molecular weight is 307 g/mol. The highest BCUT2D eigenvalue weighted by Gasteiger charge is 2.19. The zero-order chi connectivity index (χ0) is 14.2. The van der Waals surface area contributed by atoms with E-state index in [1.165, 1.54) is 6.07 Å². The number of halogens is 5. The zero-order valence-corrected chi connectivity index (χ0v) is 10.8. The number of rotatable bonds is 2. The molecule has 2 aromatic carbocycles. The van der Waals surface area contributed by atoms with Crippen LogP contribution < -0.4 is 0 Å². The van der Waals surface area contributed by atoms with E-state index < -0.39 is 23.6 Å². The standard InChI is InChI=1S/C13H7Cl2F3O/c14-9-3-6(16)1-2-7(9)13(19)8-4-11(17)12(18)5-10(8)15/h1-5,13,19H. The van der Waals surface area contributed by atoms with Gasteiger partial charge < -0.3 is 5.11 Å². The molecule has 0 bridgehead atoms. The van der Waals surface area contributed by atoms with E-state index in [9.17, 15) is 18.3 Å². The van der Waals surface area contributed by atoms with Gasteiger partial charge in [-0.2, -0.15) is 0 Å². The SMILES string of the molecule is OC(c1ccc(F)cc1Cl)c1cc(F)c(F)cc1Cl. The topological polar surface area (TPSA) is 20.2 Å². The molecule has 19 heavy (non-hydrogen) atoms. The van der Waals surface area contributed by atoms with Crippen LogP contribution in [0.1, 0.15) is 17.2 Å². The molecule has 1 N–H and O–H groups in total. The molecule has 6 heteroatoms. The summed E-state index contributed by atoms with van der Waals surface area (Å²) in [5.74, 6) is -2.83. The van der Waals surface area contributed by atoms with E-state index in [4.69, 9.17) is 23.2 Å². The number of aliphatic hydroxyl groups excluding tert-OH is 1. The van der Waals surface area contributed by atoms with Crippen molar-refractivity contribution >= 4 is 23.2 Å². The lowest BCUT2D eigenvalue weighted by molar-refractivity contribution is 0.219. The molecule has 1 unspecified atom stereocenters. The van der Waals surface area contributed by atoms with Crippen molar-refractivity contribution in [3.63, 3.8) is 0 Å². The minimum atomic E-state index is -1.38. The van der Waals surface area contributed by atoms with Crippen LogP contribution in [0.15, 0.2) is 30.3 Å². The summed E-state index contributed by atoms with van der Waals surface area (Å²) in [5, 5.41) is 9.90. The van der Waals surface area contributed by atoms with Gasteiger partial charge in [0.15, 0.2) is 11.6 Å². The van der Waals surface area contributed by atoms with Crippen molar-refractivity contribution in [2.24, 2.45) is 0 Å². The van der Waals surface area contributed by atoms with E-state index in [0.29, 0.717) is 0 Å². The minimum Gasteiger partial charge on any atom is -0.384 e. The monoisotopic (exact) mass is 306 g/mol. The summed E-state index contributed by atoms with van der Waals surface area (Å²) < 4.78 is 39.0. The van der Waals surface area contributed by atoms with Gasteiger partial charge in [0.25, 0.3) is 0 Å². The first-order valence-electron chi connectivity index (χ1n) is 5.17. The smallest absolute Gasteiger partial charge is 0.160 e. The van der Waals surface area contributed by atoms with E-state index in [1.54, 1.807) is 0 Å². The molecule has 0 heterocycles. The van der Waals surface area contributed by atoms with Gasteiger partial charge in [0.05, 0.1) is 0 Å². The van der Waals surface area contributed by atoms with Gasteiger partial charge in [0.1, 0.15) is 11.9 Å². The molecule has 1 nitrogen and oxygen atoms in total. The van der Waals surface area contributed by atoms with E-state index in [-0.39, 0.29) is 21.2 Å². The van der Waals surface area contributed by atoms with Gasteiger partial charge in [0.2, 0.25) is 0 Å². The van der Waals surface area contributed by atoms with E-state index >= 15 is 0 Å². The molecular formula is C13H7Cl2F3O. The Morgan fingerprint density at radius 2 is 1.42 bits per heavy atom. The van der Waals surface area contributed by atoms with E-state index in [1.807, 2.05) is 0 Å². The Morgan fingerprint density at radius 1 is 0.842 bits per heavy atom. The number of hydrogen-bond acceptors (Lipinski definition) is 1. The van der Waals surface area contributed by atoms with Crippen molar-refractivity contribution in [3.8, 4) is 0 Å². The summed E-state index contributed by atoms with van der Waals surface area (Å²) in [4.78, 5) is 0. The fourth-order valence-electron chi connectivity index (χ4n) is 1.64. The summed E-state index contributed by atoms with van der Waals surface area (Å²) in [6.45, 7) is 0. The van der Waals surface area contributed by atoms with Crippen molar-refractivity contribution in [3.05, 3.63) is 69.0 Å². The summed E-state index contributed by atoms with van der Waals surface area (Å²) in [6, 6.07) is 4.89. The molecule has 0 aliphatic carbocycles. The maximum atomic E-state index is 13.2. The maximum absolute atomic E-state index is 13.2. The predicted molar refractivity (Wildman–Crippen MR) is 66.8 cm³/mol. The van der Waals surface area contributed by atoms with Gasteiger partial charge in [-0.25, -0.2) is 13.2 Å². The maximum Gasteiger partial charge on any atom is 0.160 e. The fourth-order valence-corrected chi connectivity index (χ4v) is 2.16. The first kappa shape index (κ1) is 14.2. The third kappa shape index (κ3) is 2.86. The third-order valence-electron chi connectivity index (χ3n) is 2.59. The Kier molecular flexibility index (Phi) is 4.04. The summed E-state index contributed by atoms with van der Waals surface area (Å²) in [5.41, 5.74) is 0.102. The highest BCUT2D eigenvalue weighted by molar-refractivity contribution is 6.32. The molecule has 2 rings (SSSR count). The van der Waals surface area contributed by atoms with Crippen molar-refractivity contribution in [1.82, 2.24) is 0 Å². The Labute approximate surface area is 117 Å². The van der Waals surface area contributed by atoms with Gasteiger partial charge in [0, 0.05) is 21.2 Å². The summed E-state index contributed by atoms with van der Waals surface area (Å²) in [7, 11) is 0. The summed E-state index contributed by atoms with van der Waals surface area (Å²) >= 11 is 11.5. The second-order valence-electron chi connectivity index (χ2n) is 3.86.